The smallest absolute Gasteiger partial charge is 0.123 e. The van der Waals surface area contributed by atoms with E-state index in [-0.39, 0.29) is 11.4 Å². The van der Waals surface area contributed by atoms with Gasteiger partial charge in [-0.25, -0.2) is 4.39 Å². The van der Waals surface area contributed by atoms with E-state index in [1.807, 2.05) is 6.07 Å². The summed E-state index contributed by atoms with van der Waals surface area (Å²) in [5.41, 5.74) is 0.951. The standard InChI is InChI=1S/C17H26FNO/c1-17(2,3)20-10-9-14(12-19-16-7-8-16)13-5-4-6-15(18)11-13/h4-6,11,14,16,19H,7-10,12H2,1-3H3. The summed E-state index contributed by atoms with van der Waals surface area (Å²) in [5.74, 6) is 0.157. The summed E-state index contributed by atoms with van der Waals surface area (Å²) in [6.45, 7) is 7.80. The van der Waals surface area contributed by atoms with Crippen LogP contribution in [0.25, 0.3) is 0 Å². The summed E-state index contributed by atoms with van der Waals surface area (Å²) in [6, 6.07) is 7.63. The predicted octanol–water partition coefficient (Wildman–Crippen LogP) is 3.87. The van der Waals surface area contributed by atoms with Gasteiger partial charge in [-0.2, -0.15) is 0 Å². The highest BCUT2D eigenvalue weighted by molar-refractivity contribution is 5.21. The van der Waals surface area contributed by atoms with Gasteiger partial charge in [-0.1, -0.05) is 12.1 Å². The maximum atomic E-state index is 13.4. The third-order valence-electron chi connectivity index (χ3n) is 3.55. The lowest BCUT2D eigenvalue weighted by atomic mass is 9.95. The van der Waals surface area contributed by atoms with Gasteiger partial charge >= 0.3 is 0 Å². The van der Waals surface area contributed by atoms with Gasteiger partial charge in [0, 0.05) is 19.2 Å². The Morgan fingerprint density at radius 1 is 1.35 bits per heavy atom. The minimum Gasteiger partial charge on any atom is -0.376 e. The fourth-order valence-electron chi connectivity index (χ4n) is 2.25. The van der Waals surface area contributed by atoms with Gasteiger partial charge in [0.2, 0.25) is 0 Å². The average Bonchev–Trinajstić information content (AvgIpc) is 3.16. The summed E-state index contributed by atoms with van der Waals surface area (Å²) in [6.07, 6.45) is 3.46. The average molecular weight is 279 g/mol. The number of nitrogens with one attached hydrogen (secondary N) is 1. The molecule has 2 rings (SSSR count). The quantitative estimate of drug-likeness (QED) is 0.818. The topological polar surface area (TPSA) is 21.3 Å². The van der Waals surface area contributed by atoms with Crippen LogP contribution in [-0.4, -0.2) is 24.8 Å². The van der Waals surface area contributed by atoms with Gasteiger partial charge in [0.1, 0.15) is 5.82 Å². The molecule has 1 N–H and O–H groups in total. The van der Waals surface area contributed by atoms with E-state index in [4.69, 9.17) is 4.74 Å². The van der Waals surface area contributed by atoms with Crippen LogP contribution in [0.5, 0.6) is 0 Å². The van der Waals surface area contributed by atoms with Gasteiger partial charge in [0.25, 0.3) is 0 Å². The second-order valence-electron chi connectivity index (χ2n) is 6.68. The van der Waals surface area contributed by atoms with Crippen LogP contribution < -0.4 is 5.32 Å². The predicted molar refractivity (Wildman–Crippen MR) is 80.5 cm³/mol. The highest BCUT2D eigenvalue weighted by Crippen LogP contribution is 2.24. The van der Waals surface area contributed by atoms with Crippen LogP contribution in [0.15, 0.2) is 24.3 Å². The molecule has 0 spiro atoms. The van der Waals surface area contributed by atoms with Gasteiger partial charge in [0.05, 0.1) is 5.60 Å². The molecule has 1 aliphatic rings. The third kappa shape index (κ3) is 5.59. The van der Waals surface area contributed by atoms with Crippen molar-refractivity contribution in [2.75, 3.05) is 13.2 Å². The van der Waals surface area contributed by atoms with E-state index < -0.39 is 0 Å². The van der Waals surface area contributed by atoms with Crippen molar-refractivity contribution in [2.24, 2.45) is 0 Å². The van der Waals surface area contributed by atoms with Crippen LogP contribution in [0.2, 0.25) is 0 Å². The first kappa shape index (κ1) is 15.5. The van der Waals surface area contributed by atoms with Gasteiger partial charge in [-0.05, 0) is 63.6 Å². The van der Waals surface area contributed by atoms with Crippen molar-refractivity contribution in [1.82, 2.24) is 5.32 Å². The normalized spacial score (nSPS) is 17.2. The highest BCUT2D eigenvalue weighted by Gasteiger charge is 2.23. The van der Waals surface area contributed by atoms with Crippen molar-refractivity contribution in [3.63, 3.8) is 0 Å². The fourth-order valence-corrected chi connectivity index (χ4v) is 2.25. The lowest BCUT2D eigenvalue weighted by Gasteiger charge is -2.23. The van der Waals surface area contributed by atoms with E-state index in [0.717, 1.165) is 18.5 Å². The molecule has 2 nitrogen and oxygen atoms in total. The number of hydrogen-bond donors (Lipinski definition) is 1. The van der Waals surface area contributed by atoms with Crippen LogP contribution in [0.3, 0.4) is 0 Å². The highest BCUT2D eigenvalue weighted by atomic mass is 19.1. The zero-order valence-electron chi connectivity index (χ0n) is 12.8. The Balaban J connectivity index is 1.92. The Morgan fingerprint density at radius 3 is 2.70 bits per heavy atom. The van der Waals surface area contributed by atoms with E-state index >= 15 is 0 Å². The molecule has 1 saturated carbocycles. The Bertz CT molecular complexity index is 423. The van der Waals surface area contributed by atoms with Gasteiger partial charge in [-0.3, -0.25) is 0 Å². The summed E-state index contributed by atoms with van der Waals surface area (Å²) in [7, 11) is 0. The summed E-state index contributed by atoms with van der Waals surface area (Å²) < 4.78 is 19.2. The van der Waals surface area contributed by atoms with Crippen molar-refractivity contribution in [3.05, 3.63) is 35.6 Å². The molecule has 0 radical (unpaired) electrons. The molecule has 1 aliphatic carbocycles. The van der Waals surface area contributed by atoms with Crippen molar-refractivity contribution < 1.29 is 9.13 Å². The molecule has 0 aromatic heterocycles. The van der Waals surface area contributed by atoms with E-state index in [9.17, 15) is 4.39 Å². The molecular formula is C17H26FNO. The van der Waals surface area contributed by atoms with Crippen LogP contribution in [-0.2, 0) is 4.74 Å². The van der Waals surface area contributed by atoms with Gasteiger partial charge in [-0.15, -0.1) is 0 Å². The Hall–Kier alpha value is -0.930. The molecule has 0 saturated heterocycles. The molecule has 112 valence electrons. The summed E-state index contributed by atoms with van der Waals surface area (Å²) >= 11 is 0. The van der Waals surface area contributed by atoms with E-state index in [0.29, 0.717) is 18.6 Å². The maximum absolute atomic E-state index is 13.4. The molecule has 1 fully saturated rings. The first-order chi connectivity index (χ1) is 9.44. The monoisotopic (exact) mass is 279 g/mol. The van der Waals surface area contributed by atoms with Crippen molar-refractivity contribution >= 4 is 0 Å². The first-order valence-electron chi connectivity index (χ1n) is 7.57. The molecule has 1 atom stereocenters. The molecule has 20 heavy (non-hydrogen) atoms. The molecule has 0 heterocycles. The second kappa shape index (κ2) is 6.68. The molecule has 1 aromatic rings. The Labute approximate surface area is 121 Å². The van der Waals surface area contributed by atoms with Crippen LogP contribution in [0, 0.1) is 5.82 Å². The minimum atomic E-state index is -0.157. The largest absolute Gasteiger partial charge is 0.376 e. The third-order valence-corrected chi connectivity index (χ3v) is 3.55. The Kier molecular flexibility index (Phi) is 5.17. The molecule has 1 aromatic carbocycles. The van der Waals surface area contributed by atoms with E-state index in [1.165, 1.54) is 18.9 Å². The minimum absolute atomic E-state index is 0.115. The van der Waals surface area contributed by atoms with E-state index in [2.05, 4.69) is 26.1 Å². The Morgan fingerprint density at radius 2 is 2.10 bits per heavy atom. The van der Waals surface area contributed by atoms with Crippen LogP contribution in [0.4, 0.5) is 4.39 Å². The lowest BCUT2D eigenvalue weighted by molar-refractivity contribution is -0.00625. The lowest BCUT2D eigenvalue weighted by Crippen LogP contribution is -2.26. The van der Waals surface area contributed by atoms with Crippen molar-refractivity contribution in [2.45, 2.75) is 57.6 Å². The summed E-state index contributed by atoms with van der Waals surface area (Å²) in [4.78, 5) is 0. The first-order valence-corrected chi connectivity index (χ1v) is 7.57. The number of rotatable bonds is 7. The molecule has 0 aliphatic heterocycles. The molecule has 3 heteroatoms. The molecule has 0 bridgehead atoms. The van der Waals surface area contributed by atoms with Gasteiger partial charge < -0.3 is 10.1 Å². The van der Waals surface area contributed by atoms with E-state index in [1.54, 1.807) is 12.1 Å². The zero-order valence-corrected chi connectivity index (χ0v) is 12.8. The number of halogens is 1. The number of ether oxygens (including phenoxy) is 1. The van der Waals surface area contributed by atoms with Gasteiger partial charge in [0.15, 0.2) is 0 Å². The molecular weight excluding hydrogens is 253 g/mol. The SMILES string of the molecule is CC(C)(C)OCCC(CNC1CC1)c1cccc(F)c1. The molecule has 0 amide bonds. The number of hydrogen-bond acceptors (Lipinski definition) is 2. The molecule has 1 unspecified atom stereocenters. The van der Waals surface area contributed by atoms with Crippen LogP contribution >= 0.6 is 0 Å². The second-order valence-corrected chi connectivity index (χ2v) is 6.68. The van der Waals surface area contributed by atoms with Crippen LogP contribution in [0.1, 0.15) is 51.5 Å². The fraction of sp³-hybridized carbons (Fsp3) is 0.647. The van der Waals surface area contributed by atoms with Crippen molar-refractivity contribution in [1.29, 1.82) is 0 Å². The maximum Gasteiger partial charge on any atom is 0.123 e. The number of benzene rings is 1. The zero-order chi connectivity index (χ0) is 14.6. The van der Waals surface area contributed by atoms with Crippen molar-refractivity contribution in [3.8, 4) is 0 Å². The summed E-state index contributed by atoms with van der Waals surface area (Å²) in [5, 5.41) is 3.54.